The molecule has 1 aliphatic rings. The number of hydrogen-bond donors (Lipinski definition) is 0. The van der Waals surface area contributed by atoms with E-state index >= 15 is 0 Å². The molecule has 4 nitrogen and oxygen atoms in total. The Morgan fingerprint density at radius 3 is 2.76 bits per heavy atom. The molecule has 0 N–H and O–H groups in total. The third-order valence-corrected chi connectivity index (χ3v) is 6.41. The second kappa shape index (κ2) is 6.42. The topological polar surface area (TPSA) is 46.6 Å². The molecular formula is C14H19Cl2NO3S. The fraction of sp³-hybridized carbons (Fsp3) is 0.571. The smallest absolute Gasteiger partial charge is 0.243 e. The summed E-state index contributed by atoms with van der Waals surface area (Å²) >= 11 is 11.8. The van der Waals surface area contributed by atoms with E-state index in [1.807, 2.05) is 6.92 Å². The summed E-state index contributed by atoms with van der Waals surface area (Å²) in [7, 11) is -1.94. The second-order valence-electron chi connectivity index (χ2n) is 5.48. The Morgan fingerprint density at radius 2 is 2.14 bits per heavy atom. The standard InChI is InChI=1S/C14H19Cl2NO3S/c1-14(20-2)6-3-7-17(10-14)21(18,19)12-4-5-13(16)11(8-12)9-15/h4-5,8H,3,6-7,9-10H2,1-2H3. The van der Waals surface area contributed by atoms with Gasteiger partial charge in [0.25, 0.3) is 0 Å². The number of ether oxygens (including phenoxy) is 1. The number of alkyl halides is 1. The average molecular weight is 352 g/mol. The summed E-state index contributed by atoms with van der Waals surface area (Å²) < 4.78 is 32.4. The van der Waals surface area contributed by atoms with Gasteiger partial charge in [-0.3, -0.25) is 0 Å². The minimum absolute atomic E-state index is 0.179. The Balaban J connectivity index is 2.33. The lowest BCUT2D eigenvalue weighted by Gasteiger charge is -2.38. The number of benzene rings is 1. The molecule has 0 amide bonds. The van der Waals surface area contributed by atoms with Gasteiger partial charge in [-0.2, -0.15) is 4.31 Å². The van der Waals surface area contributed by atoms with Crippen molar-refractivity contribution in [2.24, 2.45) is 0 Å². The van der Waals surface area contributed by atoms with Crippen LogP contribution in [0.2, 0.25) is 5.02 Å². The maximum atomic E-state index is 12.8. The van der Waals surface area contributed by atoms with E-state index in [4.69, 9.17) is 27.9 Å². The molecule has 0 spiro atoms. The van der Waals surface area contributed by atoms with E-state index in [0.29, 0.717) is 23.7 Å². The molecule has 7 heteroatoms. The molecule has 1 heterocycles. The Labute approximate surface area is 136 Å². The molecule has 0 radical (unpaired) electrons. The fourth-order valence-electron chi connectivity index (χ4n) is 2.50. The van der Waals surface area contributed by atoms with Gasteiger partial charge in [-0.25, -0.2) is 8.42 Å². The van der Waals surface area contributed by atoms with E-state index in [0.717, 1.165) is 12.8 Å². The monoisotopic (exact) mass is 351 g/mol. The Morgan fingerprint density at radius 1 is 1.43 bits per heavy atom. The summed E-state index contributed by atoms with van der Waals surface area (Å²) in [5.41, 5.74) is 0.179. The highest BCUT2D eigenvalue weighted by Crippen LogP contribution is 2.30. The molecule has 2 rings (SSSR count). The van der Waals surface area contributed by atoms with Crippen molar-refractivity contribution < 1.29 is 13.2 Å². The van der Waals surface area contributed by atoms with E-state index in [1.165, 1.54) is 10.4 Å². The third-order valence-electron chi connectivity index (χ3n) is 3.92. The van der Waals surface area contributed by atoms with Crippen molar-refractivity contribution in [1.29, 1.82) is 0 Å². The van der Waals surface area contributed by atoms with Crippen LogP contribution in [0.25, 0.3) is 0 Å². The molecule has 1 unspecified atom stereocenters. The number of piperidine rings is 1. The fourth-order valence-corrected chi connectivity index (χ4v) is 4.61. The van der Waals surface area contributed by atoms with Gasteiger partial charge in [0.15, 0.2) is 0 Å². The zero-order valence-corrected chi connectivity index (χ0v) is 14.4. The lowest BCUT2D eigenvalue weighted by atomic mass is 9.96. The first-order valence-corrected chi connectivity index (χ1v) is 9.07. The van der Waals surface area contributed by atoms with Crippen LogP contribution in [0.3, 0.4) is 0 Å². The van der Waals surface area contributed by atoms with Gasteiger partial charge in [-0.05, 0) is 43.5 Å². The van der Waals surface area contributed by atoms with Crippen LogP contribution in [0.1, 0.15) is 25.3 Å². The van der Waals surface area contributed by atoms with Crippen LogP contribution in [0, 0.1) is 0 Å². The van der Waals surface area contributed by atoms with Gasteiger partial charge in [0.2, 0.25) is 10.0 Å². The predicted octanol–water partition coefficient (Wildman–Crippen LogP) is 3.27. The molecule has 0 bridgehead atoms. The van der Waals surface area contributed by atoms with E-state index in [2.05, 4.69) is 0 Å². The number of nitrogens with zero attached hydrogens (tertiary/aromatic N) is 1. The number of sulfonamides is 1. The van der Waals surface area contributed by atoms with Crippen molar-refractivity contribution >= 4 is 33.2 Å². The SMILES string of the molecule is COC1(C)CCCN(S(=O)(=O)c2ccc(Cl)c(CCl)c2)C1. The molecule has 1 fully saturated rings. The average Bonchev–Trinajstić information content (AvgIpc) is 2.47. The van der Waals surface area contributed by atoms with Gasteiger partial charge in [0.05, 0.1) is 10.5 Å². The van der Waals surface area contributed by atoms with Gasteiger partial charge in [0, 0.05) is 31.1 Å². The Kier molecular flexibility index (Phi) is 5.21. The highest BCUT2D eigenvalue weighted by Gasteiger charge is 2.37. The van der Waals surface area contributed by atoms with Crippen LogP contribution in [-0.4, -0.2) is 38.5 Å². The van der Waals surface area contributed by atoms with Crippen LogP contribution < -0.4 is 0 Å². The highest BCUT2D eigenvalue weighted by molar-refractivity contribution is 7.89. The molecule has 0 saturated carbocycles. The van der Waals surface area contributed by atoms with Crippen LogP contribution >= 0.6 is 23.2 Å². The minimum atomic E-state index is -3.56. The minimum Gasteiger partial charge on any atom is -0.377 e. The summed E-state index contributed by atoms with van der Waals surface area (Å²) in [5.74, 6) is 0.179. The van der Waals surface area contributed by atoms with Crippen molar-refractivity contribution in [3.8, 4) is 0 Å². The van der Waals surface area contributed by atoms with Crippen LogP contribution in [0.5, 0.6) is 0 Å². The number of halogens is 2. The molecule has 1 saturated heterocycles. The first-order valence-electron chi connectivity index (χ1n) is 6.72. The lowest BCUT2D eigenvalue weighted by molar-refractivity contribution is -0.0319. The lowest BCUT2D eigenvalue weighted by Crippen LogP contribution is -2.49. The molecule has 1 aromatic carbocycles. The molecule has 1 aliphatic heterocycles. The van der Waals surface area contributed by atoms with Crippen molar-refractivity contribution in [2.45, 2.75) is 36.1 Å². The first kappa shape index (κ1) is 17.0. The van der Waals surface area contributed by atoms with Crippen molar-refractivity contribution in [2.75, 3.05) is 20.2 Å². The maximum absolute atomic E-state index is 12.8. The maximum Gasteiger partial charge on any atom is 0.243 e. The molecule has 1 atom stereocenters. The quantitative estimate of drug-likeness (QED) is 0.782. The molecule has 21 heavy (non-hydrogen) atoms. The predicted molar refractivity (Wildman–Crippen MR) is 84.4 cm³/mol. The summed E-state index contributed by atoms with van der Waals surface area (Å²) in [4.78, 5) is 0.225. The summed E-state index contributed by atoms with van der Waals surface area (Å²) in [6.45, 7) is 2.78. The first-order chi connectivity index (χ1) is 9.82. The Bertz CT molecular complexity index is 621. The van der Waals surface area contributed by atoms with Crippen molar-refractivity contribution in [3.63, 3.8) is 0 Å². The zero-order chi connectivity index (χ0) is 15.7. The van der Waals surface area contributed by atoms with E-state index < -0.39 is 15.6 Å². The zero-order valence-electron chi connectivity index (χ0n) is 12.1. The van der Waals surface area contributed by atoms with Crippen LogP contribution in [0.4, 0.5) is 0 Å². The van der Waals surface area contributed by atoms with Gasteiger partial charge in [-0.1, -0.05) is 11.6 Å². The van der Waals surface area contributed by atoms with Crippen molar-refractivity contribution in [3.05, 3.63) is 28.8 Å². The number of hydrogen-bond acceptors (Lipinski definition) is 3. The van der Waals surface area contributed by atoms with Crippen LogP contribution in [-0.2, 0) is 20.6 Å². The summed E-state index contributed by atoms with van der Waals surface area (Å²) in [6.07, 6.45) is 1.63. The van der Waals surface area contributed by atoms with E-state index in [9.17, 15) is 8.42 Å². The molecular weight excluding hydrogens is 333 g/mol. The Hall–Kier alpha value is -0.330. The van der Waals surface area contributed by atoms with E-state index in [1.54, 1.807) is 19.2 Å². The normalized spacial score (nSPS) is 24.2. The molecule has 0 aliphatic carbocycles. The van der Waals surface area contributed by atoms with Gasteiger partial charge in [-0.15, -0.1) is 11.6 Å². The summed E-state index contributed by atoms with van der Waals surface area (Å²) in [6, 6.07) is 4.64. The van der Waals surface area contributed by atoms with Gasteiger partial charge < -0.3 is 4.74 Å². The number of rotatable bonds is 4. The number of methoxy groups -OCH3 is 1. The third kappa shape index (κ3) is 3.54. The summed E-state index contributed by atoms with van der Waals surface area (Å²) in [5, 5.41) is 0.476. The van der Waals surface area contributed by atoms with E-state index in [-0.39, 0.29) is 10.8 Å². The second-order valence-corrected chi connectivity index (χ2v) is 8.10. The van der Waals surface area contributed by atoms with Crippen molar-refractivity contribution in [1.82, 2.24) is 4.31 Å². The largest absolute Gasteiger partial charge is 0.377 e. The molecule has 1 aromatic rings. The highest BCUT2D eigenvalue weighted by atomic mass is 35.5. The van der Waals surface area contributed by atoms with Gasteiger partial charge >= 0.3 is 0 Å². The van der Waals surface area contributed by atoms with Gasteiger partial charge in [0.1, 0.15) is 0 Å². The molecule has 118 valence electrons. The molecule has 0 aromatic heterocycles. The van der Waals surface area contributed by atoms with Crippen LogP contribution in [0.15, 0.2) is 23.1 Å².